The van der Waals surface area contributed by atoms with Crippen LogP contribution in [0.25, 0.3) is 5.83 Å². The SMILES string of the molecule is Oc1cccc2c1C1C=CC=CC1N2C1=C(F)c2nc(OC[C@@]34CCCN3CC(F)C4)nc(N3CCC=CCC3)c2CN1. The molecule has 2 fully saturated rings. The van der Waals surface area contributed by atoms with E-state index in [4.69, 9.17) is 14.7 Å². The Morgan fingerprint density at radius 1 is 1.09 bits per heavy atom. The number of alkyl halides is 1. The van der Waals surface area contributed by atoms with Gasteiger partial charge in [0.05, 0.1) is 17.3 Å². The first-order valence-corrected chi connectivity index (χ1v) is 15.5. The van der Waals surface area contributed by atoms with Crippen LogP contribution in [0.3, 0.4) is 0 Å². The zero-order valence-corrected chi connectivity index (χ0v) is 24.1. The number of nitrogens with zero attached hydrogens (tertiary/aromatic N) is 5. The fourth-order valence-electron chi connectivity index (χ4n) is 7.97. The third kappa shape index (κ3) is 4.32. The van der Waals surface area contributed by atoms with Crippen molar-refractivity contribution in [3.63, 3.8) is 0 Å². The Morgan fingerprint density at radius 3 is 2.79 bits per heavy atom. The highest BCUT2D eigenvalue weighted by Gasteiger charge is 2.49. The number of aromatic nitrogens is 2. The fraction of sp³-hybridized carbons (Fsp3) is 0.455. The number of ether oxygens (including phenoxy) is 1. The summed E-state index contributed by atoms with van der Waals surface area (Å²) in [5, 5.41) is 14.2. The lowest BCUT2D eigenvalue weighted by Crippen LogP contribution is -2.43. The van der Waals surface area contributed by atoms with Crippen molar-refractivity contribution in [2.75, 3.05) is 42.6 Å². The second-order valence-electron chi connectivity index (χ2n) is 12.4. The molecule has 2 saturated heterocycles. The van der Waals surface area contributed by atoms with Gasteiger partial charge in [0.2, 0.25) is 0 Å². The summed E-state index contributed by atoms with van der Waals surface area (Å²) >= 11 is 0. The average molecular weight is 587 g/mol. The minimum absolute atomic E-state index is 0.103. The van der Waals surface area contributed by atoms with Crippen LogP contribution in [0.5, 0.6) is 11.8 Å². The third-order valence-corrected chi connectivity index (χ3v) is 9.94. The van der Waals surface area contributed by atoms with Gasteiger partial charge in [-0.3, -0.25) is 4.90 Å². The van der Waals surface area contributed by atoms with Crippen molar-refractivity contribution >= 4 is 17.3 Å². The molecule has 8 nitrogen and oxygen atoms in total. The molecule has 43 heavy (non-hydrogen) atoms. The van der Waals surface area contributed by atoms with E-state index in [2.05, 4.69) is 33.3 Å². The number of allylic oxidation sites excluding steroid dienone is 2. The lowest BCUT2D eigenvalue weighted by Gasteiger charge is -2.35. The van der Waals surface area contributed by atoms with Crippen LogP contribution in [0, 0.1) is 0 Å². The number of nitrogens with one attached hydrogen (secondary N) is 1. The highest BCUT2D eigenvalue weighted by Crippen LogP contribution is 2.50. The first-order chi connectivity index (χ1) is 21.0. The molecule has 2 N–H and O–H groups in total. The topological polar surface area (TPSA) is 77.0 Å². The maximum Gasteiger partial charge on any atom is 0.319 e. The number of hydrogen-bond donors (Lipinski definition) is 2. The molecule has 6 heterocycles. The molecule has 1 aliphatic carbocycles. The van der Waals surface area contributed by atoms with Crippen molar-refractivity contribution in [3.8, 4) is 11.8 Å². The molecular weight excluding hydrogens is 550 g/mol. The first-order valence-electron chi connectivity index (χ1n) is 15.5. The summed E-state index contributed by atoms with van der Waals surface area (Å²) in [7, 11) is 0. The lowest BCUT2D eigenvalue weighted by atomic mass is 9.91. The van der Waals surface area contributed by atoms with Gasteiger partial charge in [-0.25, -0.2) is 8.78 Å². The maximum absolute atomic E-state index is 16.9. The predicted octanol–water partition coefficient (Wildman–Crippen LogP) is 5.09. The molecule has 2 aromatic rings. The van der Waals surface area contributed by atoms with Crippen molar-refractivity contribution in [3.05, 3.63) is 77.3 Å². The van der Waals surface area contributed by atoms with Gasteiger partial charge in [-0.2, -0.15) is 9.97 Å². The zero-order valence-electron chi connectivity index (χ0n) is 24.1. The fourth-order valence-corrected chi connectivity index (χ4v) is 7.97. The molecule has 3 unspecified atom stereocenters. The predicted molar refractivity (Wildman–Crippen MR) is 161 cm³/mol. The molecular formula is C33H36F2N6O2. The smallest absolute Gasteiger partial charge is 0.319 e. The normalized spacial score (nSPS) is 29.3. The molecule has 4 atom stereocenters. The number of halogens is 2. The minimum atomic E-state index is -0.863. The molecule has 8 rings (SSSR count). The van der Waals surface area contributed by atoms with Crippen LogP contribution in [-0.2, 0) is 6.54 Å². The number of aromatic hydroxyl groups is 1. The van der Waals surface area contributed by atoms with Crippen molar-refractivity contribution < 1.29 is 18.6 Å². The number of fused-ring (bicyclic) bond motifs is 5. The Kier molecular flexibility index (Phi) is 6.43. The molecule has 0 radical (unpaired) electrons. The number of anilines is 2. The molecule has 5 aliphatic heterocycles. The van der Waals surface area contributed by atoms with Crippen molar-refractivity contribution in [1.29, 1.82) is 0 Å². The molecule has 1 aromatic heterocycles. The first kappa shape index (κ1) is 26.7. The quantitative estimate of drug-likeness (QED) is 0.470. The van der Waals surface area contributed by atoms with E-state index in [-0.39, 0.29) is 41.6 Å². The molecule has 10 heteroatoms. The number of hydrogen-bond acceptors (Lipinski definition) is 8. The van der Waals surface area contributed by atoms with Gasteiger partial charge in [0.15, 0.2) is 5.83 Å². The molecule has 0 bridgehead atoms. The van der Waals surface area contributed by atoms with E-state index in [9.17, 15) is 9.50 Å². The summed E-state index contributed by atoms with van der Waals surface area (Å²) < 4.78 is 37.6. The van der Waals surface area contributed by atoms with Crippen molar-refractivity contribution in [2.24, 2.45) is 0 Å². The second-order valence-corrected chi connectivity index (χ2v) is 12.4. The largest absolute Gasteiger partial charge is 0.508 e. The molecule has 1 aromatic carbocycles. The van der Waals surface area contributed by atoms with Crippen LogP contribution >= 0.6 is 0 Å². The van der Waals surface area contributed by atoms with Crippen molar-refractivity contribution in [1.82, 2.24) is 20.2 Å². The summed E-state index contributed by atoms with van der Waals surface area (Å²) in [6.07, 6.45) is 15.6. The lowest BCUT2D eigenvalue weighted by molar-refractivity contribution is 0.107. The van der Waals surface area contributed by atoms with Gasteiger partial charge < -0.3 is 25.0 Å². The number of phenolic OH excluding ortho intramolecular Hbond substituents is 1. The van der Waals surface area contributed by atoms with Gasteiger partial charge in [0.1, 0.15) is 35.9 Å². The van der Waals surface area contributed by atoms with Gasteiger partial charge in [-0.1, -0.05) is 42.5 Å². The van der Waals surface area contributed by atoms with Crippen LogP contribution < -0.4 is 19.9 Å². The zero-order chi connectivity index (χ0) is 29.1. The van der Waals surface area contributed by atoms with E-state index in [0.29, 0.717) is 36.7 Å². The Hall–Kier alpha value is -3.92. The van der Waals surface area contributed by atoms with E-state index < -0.39 is 12.0 Å². The highest BCUT2D eigenvalue weighted by atomic mass is 19.1. The third-order valence-electron chi connectivity index (χ3n) is 9.94. The number of rotatable bonds is 5. The highest BCUT2D eigenvalue weighted by molar-refractivity contribution is 5.79. The van der Waals surface area contributed by atoms with E-state index >= 15 is 4.39 Å². The summed E-state index contributed by atoms with van der Waals surface area (Å²) in [5.74, 6) is 0.611. The van der Waals surface area contributed by atoms with Gasteiger partial charge in [-0.05, 0) is 44.4 Å². The van der Waals surface area contributed by atoms with Crippen LogP contribution in [0.4, 0.5) is 20.3 Å². The van der Waals surface area contributed by atoms with E-state index in [1.54, 1.807) is 12.1 Å². The standard InChI is InChI=1S/C33H36F2N6O2/c34-21-17-33(13-8-16-40(33)19-21)20-43-32-37-29-23(30(38-32)39-14-5-1-2-6-15-39)18-36-31(28(29)35)41-24-10-4-3-9-22(24)27-25(41)11-7-12-26(27)42/h1-4,7,9-12,21-22,24,36,42H,5-6,8,13-20H2/t21?,22?,24?,33-/m0/s1. The monoisotopic (exact) mass is 586 g/mol. The molecule has 0 saturated carbocycles. The summed E-state index contributed by atoms with van der Waals surface area (Å²) in [6, 6.07) is 5.32. The summed E-state index contributed by atoms with van der Waals surface area (Å²) in [5.41, 5.74) is 2.12. The molecule has 0 spiro atoms. The number of benzene rings is 1. The average Bonchev–Trinajstić information content (AvgIpc) is 3.55. The Bertz CT molecular complexity index is 1560. The van der Waals surface area contributed by atoms with E-state index in [1.807, 2.05) is 29.2 Å². The summed E-state index contributed by atoms with van der Waals surface area (Å²) in [6.45, 7) is 3.46. The maximum atomic E-state index is 16.9. The van der Waals surface area contributed by atoms with Gasteiger partial charge in [-0.15, -0.1) is 0 Å². The Balaban J connectivity index is 1.20. The molecule has 224 valence electrons. The number of phenols is 1. The van der Waals surface area contributed by atoms with Gasteiger partial charge in [0, 0.05) is 49.6 Å². The van der Waals surface area contributed by atoms with Crippen LogP contribution in [0.15, 0.2) is 60.5 Å². The Labute approximate surface area is 250 Å². The van der Waals surface area contributed by atoms with Crippen LogP contribution in [0.2, 0.25) is 0 Å². The molecule has 0 amide bonds. The van der Waals surface area contributed by atoms with Gasteiger partial charge >= 0.3 is 6.01 Å². The molecule has 6 aliphatic rings. The van der Waals surface area contributed by atoms with E-state index in [1.165, 1.54) is 0 Å². The van der Waals surface area contributed by atoms with Crippen molar-refractivity contribution in [2.45, 2.75) is 62.3 Å². The minimum Gasteiger partial charge on any atom is -0.508 e. The van der Waals surface area contributed by atoms with Crippen LogP contribution in [0.1, 0.15) is 54.8 Å². The van der Waals surface area contributed by atoms with Gasteiger partial charge in [0.25, 0.3) is 0 Å². The Morgan fingerprint density at radius 2 is 1.93 bits per heavy atom. The second kappa shape index (κ2) is 10.4. The van der Waals surface area contributed by atoms with Crippen LogP contribution in [-0.4, -0.2) is 70.5 Å². The summed E-state index contributed by atoms with van der Waals surface area (Å²) in [4.78, 5) is 15.9. The van der Waals surface area contributed by atoms with E-state index in [0.717, 1.165) is 56.6 Å².